The maximum atomic E-state index is 4.56. The molecule has 4 nitrogen and oxygen atoms in total. The molecule has 3 heterocycles. The molecule has 1 aliphatic heterocycles. The molecule has 0 radical (unpaired) electrons. The van der Waals surface area contributed by atoms with Crippen LogP contribution in [-0.4, -0.2) is 41.0 Å². The Balaban J connectivity index is 1.64. The maximum absolute atomic E-state index is 4.56. The van der Waals surface area contributed by atoms with Crippen molar-refractivity contribution in [2.75, 3.05) is 25.0 Å². The minimum absolute atomic E-state index is 0.497. The minimum atomic E-state index is 0.497. The van der Waals surface area contributed by atoms with Gasteiger partial charge in [0.15, 0.2) is 0 Å². The summed E-state index contributed by atoms with van der Waals surface area (Å²) in [5, 5.41) is 0. The van der Waals surface area contributed by atoms with Crippen molar-refractivity contribution in [3.8, 4) is 0 Å². The number of aromatic nitrogens is 2. The minimum Gasteiger partial charge on any atom is -0.340 e. The molecule has 3 rings (SSSR count). The summed E-state index contributed by atoms with van der Waals surface area (Å²) in [6.07, 6.45) is 4.31. The number of anilines is 1. The van der Waals surface area contributed by atoms with Crippen LogP contribution in [-0.2, 0) is 6.54 Å². The van der Waals surface area contributed by atoms with Crippen LogP contribution < -0.4 is 4.90 Å². The Bertz CT molecular complexity index is 625. The van der Waals surface area contributed by atoms with Crippen molar-refractivity contribution in [3.05, 3.63) is 39.8 Å². The summed E-state index contributed by atoms with van der Waals surface area (Å²) in [6.45, 7) is 7.54. The summed E-state index contributed by atoms with van der Waals surface area (Å²) < 4.78 is 0. The molecule has 1 atom stereocenters. The lowest BCUT2D eigenvalue weighted by atomic mass is 10.0. The van der Waals surface area contributed by atoms with Gasteiger partial charge < -0.3 is 4.90 Å². The Hall–Kier alpha value is -1.46. The largest absolute Gasteiger partial charge is 0.340 e. The predicted molar refractivity (Wildman–Crippen MR) is 92.5 cm³/mol. The highest BCUT2D eigenvalue weighted by Gasteiger charge is 2.25. The van der Waals surface area contributed by atoms with Crippen LogP contribution in [0, 0.1) is 13.8 Å². The topological polar surface area (TPSA) is 32.3 Å². The van der Waals surface area contributed by atoms with Crippen LogP contribution in [0.5, 0.6) is 0 Å². The molecule has 5 heteroatoms. The van der Waals surface area contributed by atoms with E-state index in [1.54, 1.807) is 0 Å². The molecule has 1 aliphatic rings. The van der Waals surface area contributed by atoms with Gasteiger partial charge in [0.2, 0.25) is 5.95 Å². The fourth-order valence-electron chi connectivity index (χ4n) is 3.05. The standard InChI is InChI=1S/C17H24N4S/c1-13-8-9-18-17(19-13)20(3)15-5-4-10-21(11-15)12-16-7-6-14(2)22-16/h6-9,15H,4-5,10-12H2,1-3H3. The number of aryl methyl sites for hydroxylation is 2. The van der Waals surface area contributed by atoms with Crippen LogP contribution in [0.4, 0.5) is 5.95 Å². The molecule has 0 aliphatic carbocycles. The molecular weight excluding hydrogens is 292 g/mol. The zero-order chi connectivity index (χ0) is 15.5. The maximum Gasteiger partial charge on any atom is 0.225 e. The van der Waals surface area contributed by atoms with Gasteiger partial charge in [-0.25, -0.2) is 9.97 Å². The van der Waals surface area contributed by atoms with E-state index in [-0.39, 0.29) is 0 Å². The number of nitrogens with zero attached hydrogens (tertiary/aromatic N) is 4. The highest BCUT2D eigenvalue weighted by atomic mass is 32.1. The van der Waals surface area contributed by atoms with Gasteiger partial charge in [0.1, 0.15) is 0 Å². The second-order valence-corrected chi connectivity index (χ2v) is 7.52. The molecule has 0 spiro atoms. The molecule has 0 saturated carbocycles. The number of hydrogen-bond donors (Lipinski definition) is 0. The molecule has 118 valence electrons. The molecule has 2 aromatic heterocycles. The third-order valence-corrected chi connectivity index (χ3v) is 5.29. The molecule has 1 unspecified atom stereocenters. The Kier molecular flexibility index (Phi) is 4.74. The molecule has 2 aromatic rings. The smallest absolute Gasteiger partial charge is 0.225 e. The Morgan fingerprint density at radius 1 is 1.32 bits per heavy atom. The van der Waals surface area contributed by atoms with Crippen molar-refractivity contribution < 1.29 is 0 Å². The van der Waals surface area contributed by atoms with Crippen molar-refractivity contribution in [3.63, 3.8) is 0 Å². The predicted octanol–water partition coefficient (Wildman–Crippen LogP) is 3.26. The Morgan fingerprint density at radius 2 is 2.18 bits per heavy atom. The average Bonchev–Trinajstić information content (AvgIpc) is 2.92. The molecule has 0 aromatic carbocycles. The molecule has 1 fully saturated rings. The summed E-state index contributed by atoms with van der Waals surface area (Å²) >= 11 is 1.91. The molecule has 22 heavy (non-hydrogen) atoms. The monoisotopic (exact) mass is 316 g/mol. The van der Waals surface area contributed by atoms with Gasteiger partial charge >= 0.3 is 0 Å². The van der Waals surface area contributed by atoms with Crippen LogP contribution in [0.15, 0.2) is 24.4 Å². The van der Waals surface area contributed by atoms with E-state index in [1.165, 1.54) is 29.1 Å². The highest BCUT2D eigenvalue weighted by molar-refractivity contribution is 7.11. The first-order chi connectivity index (χ1) is 10.6. The number of hydrogen-bond acceptors (Lipinski definition) is 5. The van der Waals surface area contributed by atoms with E-state index in [4.69, 9.17) is 0 Å². The fourth-order valence-corrected chi connectivity index (χ4v) is 3.98. The zero-order valence-corrected chi connectivity index (χ0v) is 14.4. The van der Waals surface area contributed by atoms with E-state index in [9.17, 15) is 0 Å². The van der Waals surface area contributed by atoms with Crippen LogP contribution in [0.1, 0.15) is 28.3 Å². The van der Waals surface area contributed by atoms with Crippen molar-refractivity contribution in [1.82, 2.24) is 14.9 Å². The SMILES string of the molecule is Cc1ccnc(N(C)C2CCCN(Cc3ccc(C)s3)C2)n1. The second kappa shape index (κ2) is 6.75. The normalized spacial score (nSPS) is 19.3. The van der Waals surface area contributed by atoms with Crippen LogP contribution in [0.25, 0.3) is 0 Å². The summed E-state index contributed by atoms with van der Waals surface area (Å²) in [5.74, 6) is 0.846. The number of likely N-dealkylation sites (tertiary alicyclic amines) is 1. The van der Waals surface area contributed by atoms with Gasteiger partial charge in [-0.15, -0.1) is 11.3 Å². The average molecular weight is 316 g/mol. The van der Waals surface area contributed by atoms with Crippen molar-refractivity contribution in [2.24, 2.45) is 0 Å². The van der Waals surface area contributed by atoms with Crippen LogP contribution >= 0.6 is 11.3 Å². The number of piperidine rings is 1. The van der Waals surface area contributed by atoms with Gasteiger partial charge in [-0.05, 0) is 51.4 Å². The third kappa shape index (κ3) is 3.65. The van der Waals surface area contributed by atoms with Gasteiger partial charge in [0, 0.05) is 47.8 Å². The molecule has 0 N–H and O–H groups in total. The zero-order valence-electron chi connectivity index (χ0n) is 13.6. The van der Waals surface area contributed by atoms with Crippen molar-refractivity contribution in [2.45, 2.75) is 39.3 Å². The van der Waals surface area contributed by atoms with E-state index in [0.29, 0.717) is 6.04 Å². The van der Waals surface area contributed by atoms with Gasteiger partial charge in [-0.2, -0.15) is 0 Å². The second-order valence-electron chi connectivity index (χ2n) is 6.15. The van der Waals surface area contributed by atoms with E-state index >= 15 is 0 Å². The quantitative estimate of drug-likeness (QED) is 0.867. The molecule has 0 amide bonds. The van der Waals surface area contributed by atoms with Gasteiger partial charge in [0.25, 0.3) is 0 Å². The fraction of sp³-hybridized carbons (Fsp3) is 0.529. The molecule has 1 saturated heterocycles. The number of likely N-dealkylation sites (N-methyl/N-ethyl adjacent to an activating group) is 1. The first-order valence-electron chi connectivity index (χ1n) is 7.92. The number of thiophene rings is 1. The summed E-state index contributed by atoms with van der Waals surface area (Å²) in [5.41, 5.74) is 1.03. The molecular formula is C17H24N4S. The summed E-state index contributed by atoms with van der Waals surface area (Å²) in [6, 6.07) is 6.92. The Morgan fingerprint density at radius 3 is 2.91 bits per heavy atom. The third-order valence-electron chi connectivity index (χ3n) is 4.30. The molecule has 0 bridgehead atoms. The highest BCUT2D eigenvalue weighted by Crippen LogP contribution is 2.22. The van der Waals surface area contributed by atoms with Gasteiger partial charge in [-0.1, -0.05) is 0 Å². The summed E-state index contributed by atoms with van der Waals surface area (Å²) in [4.78, 5) is 16.7. The lowest BCUT2D eigenvalue weighted by Crippen LogP contribution is -2.46. The lowest BCUT2D eigenvalue weighted by Gasteiger charge is -2.37. The van der Waals surface area contributed by atoms with Gasteiger partial charge in [-0.3, -0.25) is 4.90 Å². The van der Waals surface area contributed by atoms with Crippen LogP contribution in [0.3, 0.4) is 0 Å². The lowest BCUT2D eigenvalue weighted by molar-refractivity contribution is 0.199. The van der Waals surface area contributed by atoms with E-state index in [1.807, 2.05) is 30.5 Å². The van der Waals surface area contributed by atoms with Crippen molar-refractivity contribution >= 4 is 17.3 Å². The van der Waals surface area contributed by atoms with Crippen LogP contribution in [0.2, 0.25) is 0 Å². The van der Waals surface area contributed by atoms with E-state index in [0.717, 1.165) is 24.7 Å². The summed E-state index contributed by atoms with van der Waals surface area (Å²) in [7, 11) is 2.12. The first-order valence-corrected chi connectivity index (χ1v) is 8.73. The number of rotatable bonds is 4. The van der Waals surface area contributed by atoms with E-state index in [2.05, 4.69) is 45.9 Å². The Labute approximate surface area is 136 Å². The van der Waals surface area contributed by atoms with E-state index < -0.39 is 0 Å². The first kappa shape index (κ1) is 15.4. The van der Waals surface area contributed by atoms with Gasteiger partial charge in [0.05, 0.1) is 0 Å². The van der Waals surface area contributed by atoms with Crippen molar-refractivity contribution in [1.29, 1.82) is 0 Å².